The van der Waals surface area contributed by atoms with Crippen molar-refractivity contribution in [2.45, 2.75) is 57.0 Å². The fourth-order valence-electron chi connectivity index (χ4n) is 5.85. The summed E-state index contributed by atoms with van der Waals surface area (Å²) in [7, 11) is 0. The summed E-state index contributed by atoms with van der Waals surface area (Å²) in [6.07, 6.45) is -3.14. The van der Waals surface area contributed by atoms with Crippen molar-refractivity contribution >= 4 is 29.7 Å². The van der Waals surface area contributed by atoms with Crippen LogP contribution >= 0.6 is 0 Å². The summed E-state index contributed by atoms with van der Waals surface area (Å²) in [5, 5.41) is 0. The van der Waals surface area contributed by atoms with Gasteiger partial charge < -0.3 is 28.5 Å². The van der Waals surface area contributed by atoms with Gasteiger partial charge in [0.2, 0.25) is 0 Å². The number of esters is 4. The van der Waals surface area contributed by atoms with Gasteiger partial charge in [0, 0.05) is 18.9 Å². The van der Waals surface area contributed by atoms with Crippen LogP contribution in [-0.4, -0.2) is 67.3 Å². The predicted octanol–water partition coefficient (Wildman–Crippen LogP) is 6.68. The van der Waals surface area contributed by atoms with E-state index < -0.39 is 54.2 Å². The lowest BCUT2D eigenvalue weighted by Gasteiger charge is -2.44. The maximum atomic E-state index is 13.7. The highest BCUT2D eigenvalue weighted by Crippen LogP contribution is 2.36. The molecule has 1 aliphatic carbocycles. The first-order valence-corrected chi connectivity index (χ1v) is 16.9. The minimum atomic E-state index is -1.38. The molecule has 264 valence electrons. The van der Waals surface area contributed by atoms with Gasteiger partial charge in [-0.1, -0.05) is 72.8 Å². The fourth-order valence-corrected chi connectivity index (χ4v) is 5.85. The summed E-state index contributed by atoms with van der Waals surface area (Å²) in [6, 6.07) is 33.3. The molecule has 10 nitrogen and oxygen atoms in total. The van der Waals surface area contributed by atoms with E-state index in [2.05, 4.69) is 0 Å². The van der Waals surface area contributed by atoms with Crippen LogP contribution in [0.3, 0.4) is 0 Å². The molecule has 5 atom stereocenters. The van der Waals surface area contributed by atoms with Crippen molar-refractivity contribution in [2.75, 3.05) is 13.2 Å². The number of benzene rings is 4. The van der Waals surface area contributed by atoms with E-state index in [1.807, 2.05) is 0 Å². The second-order valence-electron chi connectivity index (χ2n) is 12.2. The summed E-state index contributed by atoms with van der Waals surface area (Å²) in [4.78, 5) is 65.5. The predicted molar refractivity (Wildman–Crippen MR) is 186 cm³/mol. The van der Waals surface area contributed by atoms with Gasteiger partial charge in [-0.25, -0.2) is 19.2 Å². The average Bonchev–Trinajstić information content (AvgIpc) is 3.16. The van der Waals surface area contributed by atoms with E-state index in [0.29, 0.717) is 24.8 Å². The number of carbonyl (C=O) groups is 5. The van der Waals surface area contributed by atoms with Crippen LogP contribution in [-0.2, 0) is 28.5 Å². The van der Waals surface area contributed by atoms with Crippen LogP contribution in [0.4, 0.5) is 0 Å². The lowest BCUT2D eigenvalue weighted by atomic mass is 9.80. The SMILES string of the molecule is CC(=O)CCCCO[C@@H]1CC(COC(=O)c2ccccc2)[C@H](OC(=O)c2ccccc2)[C@H](OC(=O)c2ccccc2)C1OC(=O)c1ccccc1. The van der Waals surface area contributed by atoms with Crippen molar-refractivity contribution < 1.29 is 47.7 Å². The zero-order valence-corrected chi connectivity index (χ0v) is 28.3. The Morgan fingerprint density at radius 3 is 1.39 bits per heavy atom. The topological polar surface area (TPSA) is 132 Å². The van der Waals surface area contributed by atoms with Gasteiger partial charge in [-0.05, 0) is 74.7 Å². The van der Waals surface area contributed by atoms with Crippen molar-refractivity contribution in [3.63, 3.8) is 0 Å². The molecular formula is C41H40O10. The molecule has 5 rings (SSSR count). The van der Waals surface area contributed by atoms with Gasteiger partial charge in [0.1, 0.15) is 11.9 Å². The summed E-state index contributed by atoms with van der Waals surface area (Å²) >= 11 is 0. The maximum absolute atomic E-state index is 13.7. The van der Waals surface area contributed by atoms with Crippen molar-refractivity contribution in [2.24, 2.45) is 5.92 Å². The quantitative estimate of drug-likeness (QED) is 0.0755. The maximum Gasteiger partial charge on any atom is 0.338 e. The molecule has 0 bridgehead atoms. The molecule has 0 amide bonds. The molecular weight excluding hydrogens is 652 g/mol. The molecule has 2 unspecified atom stereocenters. The van der Waals surface area contributed by atoms with Crippen LogP contribution in [0.2, 0.25) is 0 Å². The van der Waals surface area contributed by atoms with Gasteiger partial charge in [0.25, 0.3) is 0 Å². The van der Waals surface area contributed by atoms with E-state index in [4.69, 9.17) is 23.7 Å². The molecule has 0 N–H and O–H groups in total. The van der Waals surface area contributed by atoms with Crippen LogP contribution in [0.1, 0.15) is 74.0 Å². The largest absolute Gasteiger partial charge is 0.462 e. The Balaban J connectivity index is 1.52. The van der Waals surface area contributed by atoms with Gasteiger partial charge in [-0.15, -0.1) is 0 Å². The fraction of sp³-hybridized carbons (Fsp3) is 0.293. The third kappa shape index (κ3) is 10.4. The summed E-state index contributed by atoms with van der Waals surface area (Å²) < 4.78 is 30.4. The number of hydrogen-bond donors (Lipinski definition) is 0. The van der Waals surface area contributed by atoms with Crippen LogP contribution in [0.5, 0.6) is 0 Å². The minimum Gasteiger partial charge on any atom is -0.462 e. The van der Waals surface area contributed by atoms with Gasteiger partial charge in [-0.2, -0.15) is 0 Å². The van der Waals surface area contributed by atoms with Crippen molar-refractivity contribution in [3.05, 3.63) is 144 Å². The lowest BCUT2D eigenvalue weighted by molar-refractivity contribution is -0.182. The van der Waals surface area contributed by atoms with Crippen LogP contribution in [0.25, 0.3) is 0 Å². The third-order valence-corrected chi connectivity index (χ3v) is 8.46. The Hall–Kier alpha value is -5.61. The first-order valence-electron chi connectivity index (χ1n) is 16.9. The summed E-state index contributed by atoms with van der Waals surface area (Å²) in [5.41, 5.74) is 1.04. The third-order valence-electron chi connectivity index (χ3n) is 8.46. The number of rotatable bonds is 15. The zero-order chi connectivity index (χ0) is 36.0. The Morgan fingerprint density at radius 2 is 0.941 bits per heavy atom. The molecule has 10 heteroatoms. The highest BCUT2D eigenvalue weighted by Gasteiger charge is 2.52. The molecule has 0 spiro atoms. The number of hydrogen-bond acceptors (Lipinski definition) is 10. The Bertz CT molecular complexity index is 1740. The lowest BCUT2D eigenvalue weighted by Crippen LogP contribution is -2.59. The molecule has 0 saturated heterocycles. The molecule has 4 aromatic rings. The van der Waals surface area contributed by atoms with Crippen LogP contribution in [0.15, 0.2) is 121 Å². The molecule has 1 fully saturated rings. The van der Waals surface area contributed by atoms with Crippen molar-refractivity contribution in [3.8, 4) is 0 Å². The molecule has 1 aliphatic rings. The summed E-state index contributed by atoms with van der Waals surface area (Å²) in [6.45, 7) is 1.48. The normalized spacial score (nSPS) is 19.7. The first kappa shape index (κ1) is 36.7. The highest BCUT2D eigenvalue weighted by atomic mass is 16.6. The highest BCUT2D eigenvalue weighted by molar-refractivity contribution is 5.91. The molecule has 0 radical (unpaired) electrons. The standard InChI is InChI=1S/C41H40O10/c1-28(42)16-14-15-25-47-34-26-33(27-48-38(43)29-17-6-2-7-18-29)35(49-39(44)30-19-8-3-9-20-30)37(51-41(46)32-23-12-5-13-24-32)36(34)50-40(45)31-21-10-4-11-22-31/h2-13,17-24,33-37H,14-16,25-27H2,1H3/t33?,34-,35+,36?,37+/m1/s1. The molecule has 0 aliphatic heterocycles. The van der Waals surface area contributed by atoms with Crippen molar-refractivity contribution in [1.29, 1.82) is 0 Å². The molecule has 0 heterocycles. The van der Waals surface area contributed by atoms with Gasteiger partial charge in [0.05, 0.1) is 35.0 Å². The van der Waals surface area contributed by atoms with E-state index in [9.17, 15) is 24.0 Å². The number of unbranched alkanes of at least 4 members (excludes halogenated alkanes) is 1. The van der Waals surface area contributed by atoms with Gasteiger partial charge >= 0.3 is 23.9 Å². The van der Waals surface area contributed by atoms with E-state index >= 15 is 0 Å². The number of Topliss-reactive ketones (excluding diaryl/α,β-unsaturated/α-hetero) is 1. The van der Waals surface area contributed by atoms with Crippen molar-refractivity contribution in [1.82, 2.24) is 0 Å². The second kappa shape index (κ2) is 18.4. The van der Waals surface area contributed by atoms with E-state index in [1.54, 1.807) is 121 Å². The molecule has 0 aromatic heterocycles. The number of carbonyl (C=O) groups excluding carboxylic acids is 5. The van der Waals surface area contributed by atoms with Gasteiger partial charge in [-0.3, -0.25) is 0 Å². The van der Waals surface area contributed by atoms with Crippen LogP contribution in [0, 0.1) is 5.92 Å². The summed E-state index contributed by atoms with van der Waals surface area (Å²) in [5.74, 6) is -3.46. The zero-order valence-electron chi connectivity index (χ0n) is 28.3. The van der Waals surface area contributed by atoms with E-state index in [0.717, 1.165) is 0 Å². The Morgan fingerprint density at radius 1 is 0.529 bits per heavy atom. The Kier molecular flexibility index (Phi) is 13.2. The second-order valence-corrected chi connectivity index (χ2v) is 12.2. The smallest absolute Gasteiger partial charge is 0.338 e. The van der Waals surface area contributed by atoms with E-state index in [1.165, 1.54) is 6.92 Å². The molecule has 1 saturated carbocycles. The monoisotopic (exact) mass is 692 g/mol. The average molecular weight is 693 g/mol. The van der Waals surface area contributed by atoms with Gasteiger partial charge in [0.15, 0.2) is 12.2 Å². The van der Waals surface area contributed by atoms with Crippen LogP contribution < -0.4 is 0 Å². The number of ketones is 1. The van der Waals surface area contributed by atoms with E-state index in [-0.39, 0.29) is 42.1 Å². The Labute approximate surface area is 296 Å². The number of ether oxygens (including phenoxy) is 5. The minimum absolute atomic E-state index is 0.0543. The molecule has 4 aromatic carbocycles. The molecule has 51 heavy (non-hydrogen) atoms. The first-order chi connectivity index (χ1) is 24.8.